The van der Waals surface area contributed by atoms with Gasteiger partial charge in [0.1, 0.15) is 11.5 Å². The van der Waals surface area contributed by atoms with Crippen molar-refractivity contribution in [3.8, 4) is 0 Å². The number of aliphatic carboxylic acids is 1. The zero-order valence-electron chi connectivity index (χ0n) is 11.9. The number of nitrogens with one attached hydrogen (secondary N) is 1. The van der Waals surface area contributed by atoms with E-state index in [2.05, 4.69) is 5.32 Å². The van der Waals surface area contributed by atoms with Gasteiger partial charge < -0.3 is 14.8 Å². The van der Waals surface area contributed by atoms with Crippen molar-refractivity contribution in [1.82, 2.24) is 5.32 Å². The molecule has 0 saturated carbocycles. The highest BCUT2D eigenvalue weighted by Gasteiger charge is 2.05. The fourth-order valence-electron chi connectivity index (χ4n) is 1.72. The first kappa shape index (κ1) is 16.0. The lowest BCUT2D eigenvalue weighted by atomic mass is 10.0. The highest BCUT2D eigenvalue weighted by Crippen LogP contribution is 2.09. The van der Waals surface area contributed by atoms with Gasteiger partial charge in [-0.25, -0.2) is 0 Å². The van der Waals surface area contributed by atoms with Crippen molar-refractivity contribution in [3.05, 3.63) is 29.7 Å². The maximum atomic E-state index is 11.5. The molecule has 110 valence electrons. The molecule has 0 aliphatic rings. The van der Waals surface area contributed by atoms with Crippen LogP contribution in [0.3, 0.4) is 0 Å². The summed E-state index contributed by atoms with van der Waals surface area (Å²) in [7, 11) is 0. The van der Waals surface area contributed by atoms with Gasteiger partial charge in [0.2, 0.25) is 5.91 Å². The predicted octanol–water partition coefficient (Wildman–Crippen LogP) is 2.61. The summed E-state index contributed by atoms with van der Waals surface area (Å²) >= 11 is 0. The van der Waals surface area contributed by atoms with Crippen molar-refractivity contribution in [2.75, 3.05) is 6.54 Å². The monoisotopic (exact) mass is 279 g/mol. The van der Waals surface area contributed by atoms with Crippen LogP contribution >= 0.6 is 0 Å². The van der Waals surface area contributed by atoms with Gasteiger partial charge in [0.05, 0.1) is 0 Å². The summed E-state index contributed by atoms with van der Waals surface area (Å²) < 4.78 is 5.31. The third-order valence-corrected chi connectivity index (χ3v) is 2.95. The second-order valence-corrected chi connectivity index (χ2v) is 4.90. The zero-order chi connectivity index (χ0) is 15.0. The van der Waals surface area contributed by atoms with Crippen LogP contribution in [0.25, 0.3) is 6.08 Å². The van der Waals surface area contributed by atoms with Gasteiger partial charge in [-0.05, 0) is 43.9 Å². The molecule has 1 unspecified atom stereocenters. The second kappa shape index (κ2) is 8.19. The van der Waals surface area contributed by atoms with Crippen molar-refractivity contribution < 1.29 is 19.1 Å². The fourth-order valence-corrected chi connectivity index (χ4v) is 1.72. The smallest absolute Gasteiger partial charge is 0.303 e. The van der Waals surface area contributed by atoms with Crippen LogP contribution in [0.15, 0.2) is 22.6 Å². The van der Waals surface area contributed by atoms with E-state index in [-0.39, 0.29) is 18.2 Å². The van der Waals surface area contributed by atoms with Crippen molar-refractivity contribution in [2.45, 2.75) is 33.1 Å². The normalized spacial score (nSPS) is 12.5. The van der Waals surface area contributed by atoms with Crippen LogP contribution in [0.1, 0.15) is 37.7 Å². The van der Waals surface area contributed by atoms with Crippen LogP contribution < -0.4 is 5.32 Å². The minimum absolute atomic E-state index is 0.173. The largest absolute Gasteiger partial charge is 0.481 e. The number of rotatable bonds is 8. The number of aryl methyl sites for hydroxylation is 1. The van der Waals surface area contributed by atoms with Crippen molar-refractivity contribution in [3.63, 3.8) is 0 Å². The molecule has 0 fully saturated rings. The summed E-state index contributed by atoms with van der Waals surface area (Å²) in [4.78, 5) is 22.0. The molecule has 5 nitrogen and oxygen atoms in total. The highest BCUT2D eigenvalue weighted by atomic mass is 16.4. The summed E-state index contributed by atoms with van der Waals surface area (Å²) in [6, 6.07) is 3.63. The third kappa shape index (κ3) is 6.78. The average molecular weight is 279 g/mol. The van der Waals surface area contributed by atoms with Crippen LogP contribution in [0, 0.1) is 12.8 Å². The Morgan fingerprint density at radius 3 is 2.75 bits per heavy atom. The summed E-state index contributed by atoms with van der Waals surface area (Å²) in [6.45, 7) is 4.37. The van der Waals surface area contributed by atoms with Gasteiger partial charge in [-0.3, -0.25) is 9.59 Å². The number of hydrogen-bond acceptors (Lipinski definition) is 3. The quantitative estimate of drug-likeness (QED) is 0.717. The second-order valence-electron chi connectivity index (χ2n) is 4.90. The summed E-state index contributed by atoms with van der Waals surface area (Å²) in [6.07, 6.45) is 4.63. The molecule has 0 spiro atoms. The molecule has 0 radical (unpaired) electrons. The number of hydrogen-bond donors (Lipinski definition) is 2. The average Bonchev–Trinajstić information content (AvgIpc) is 2.80. The zero-order valence-corrected chi connectivity index (χ0v) is 11.9. The Balaban J connectivity index is 2.20. The van der Waals surface area contributed by atoms with E-state index >= 15 is 0 Å². The Kier molecular flexibility index (Phi) is 6.56. The van der Waals surface area contributed by atoms with Crippen molar-refractivity contribution in [2.24, 2.45) is 5.92 Å². The number of amides is 1. The summed E-state index contributed by atoms with van der Waals surface area (Å²) in [5, 5.41) is 11.3. The van der Waals surface area contributed by atoms with E-state index in [1.165, 1.54) is 6.08 Å². The molecule has 5 heteroatoms. The highest BCUT2D eigenvalue weighted by molar-refractivity contribution is 5.91. The molecule has 1 atom stereocenters. The minimum Gasteiger partial charge on any atom is -0.481 e. The predicted molar refractivity (Wildman–Crippen MR) is 76.1 cm³/mol. The van der Waals surface area contributed by atoms with E-state index in [4.69, 9.17) is 9.52 Å². The number of carbonyl (C=O) groups excluding carboxylic acids is 1. The molecule has 20 heavy (non-hydrogen) atoms. The molecule has 0 bridgehead atoms. The lowest BCUT2D eigenvalue weighted by molar-refractivity contribution is -0.137. The number of carboxylic acid groups (broad SMARTS) is 1. The molecular formula is C15H21NO4. The SMILES string of the molecule is Cc1ccc(C=CC(=O)NCCC(C)CCC(=O)O)o1. The number of carboxylic acids is 1. The lowest BCUT2D eigenvalue weighted by Crippen LogP contribution is -2.23. The van der Waals surface area contributed by atoms with Gasteiger partial charge in [0.15, 0.2) is 0 Å². The van der Waals surface area contributed by atoms with Crippen LogP contribution in [-0.4, -0.2) is 23.5 Å². The third-order valence-electron chi connectivity index (χ3n) is 2.95. The van der Waals surface area contributed by atoms with E-state index in [1.807, 2.05) is 19.9 Å². The van der Waals surface area contributed by atoms with Gasteiger partial charge in [-0.15, -0.1) is 0 Å². The molecule has 0 aromatic carbocycles. The molecule has 1 aromatic rings. The Morgan fingerprint density at radius 1 is 1.40 bits per heavy atom. The Hall–Kier alpha value is -2.04. The molecule has 1 amide bonds. The van der Waals surface area contributed by atoms with E-state index in [0.717, 1.165) is 12.2 Å². The van der Waals surface area contributed by atoms with Gasteiger partial charge in [-0.2, -0.15) is 0 Å². The van der Waals surface area contributed by atoms with E-state index in [0.29, 0.717) is 18.7 Å². The molecule has 0 aliphatic carbocycles. The van der Waals surface area contributed by atoms with Gasteiger partial charge in [0, 0.05) is 19.0 Å². The Bertz CT molecular complexity index is 476. The number of carbonyl (C=O) groups is 2. The summed E-state index contributed by atoms with van der Waals surface area (Å²) in [5.74, 6) is 0.773. The minimum atomic E-state index is -0.780. The van der Waals surface area contributed by atoms with Gasteiger partial charge in [-0.1, -0.05) is 6.92 Å². The standard InChI is InChI=1S/C15H21NO4/c1-11(3-8-15(18)19)9-10-16-14(17)7-6-13-5-4-12(2)20-13/h4-7,11H,3,8-10H2,1-2H3,(H,16,17)(H,18,19). The van der Waals surface area contributed by atoms with Crippen molar-refractivity contribution >= 4 is 18.0 Å². The van der Waals surface area contributed by atoms with Gasteiger partial charge >= 0.3 is 5.97 Å². The number of furan rings is 1. The van der Waals surface area contributed by atoms with Crippen LogP contribution in [0.2, 0.25) is 0 Å². The summed E-state index contributed by atoms with van der Waals surface area (Å²) in [5.41, 5.74) is 0. The molecule has 0 saturated heterocycles. The first-order valence-corrected chi connectivity index (χ1v) is 6.71. The molecule has 1 heterocycles. The molecule has 1 aromatic heterocycles. The molecule has 2 N–H and O–H groups in total. The van der Waals surface area contributed by atoms with E-state index in [9.17, 15) is 9.59 Å². The van der Waals surface area contributed by atoms with Crippen molar-refractivity contribution in [1.29, 1.82) is 0 Å². The Morgan fingerprint density at radius 2 is 2.15 bits per heavy atom. The molecule has 0 aliphatic heterocycles. The van der Waals surface area contributed by atoms with Crippen LogP contribution in [0.4, 0.5) is 0 Å². The van der Waals surface area contributed by atoms with Crippen LogP contribution in [-0.2, 0) is 9.59 Å². The Labute approximate surface area is 118 Å². The van der Waals surface area contributed by atoms with E-state index in [1.54, 1.807) is 12.1 Å². The maximum Gasteiger partial charge on any atom is 0.303 e. The molecular weight excluding hydrogens is 258 g/mol. The fraction of sp³-hybridized carbons (Fsp3) is 0.467. The van der Waals surface area contributed by atoms with E-state index < -0.39 is 5.97 Å². The van der Waals surface area contributed by atoms with Gasteiger partial charge in [0.25, 0.3) is 0 Å². The molecule has 1 rings (SSSR count). The van der Waals surface area contributed by atoms with Crippen LogP contribution in [0.5, 0.6) is 0 Å². The maximum absolute atomic E-state index is 11.5. The first-order valence-electron chi connectivity index (χ1n) is 6.71. The topological polar surface area (TPSA) is 79.5 Å². The first-order chi connectivity index (χ1) is 9.47. The lowest BCUT2D eigenvalue weighted by Gasteiger charge is -2.09.